The number of halogens is 1. The maximum Gasteiger partial charge on any atom is 0.157 e. The summed E-state index contributed by atoms with van der Waals surface area (Å²) in [6.45, 7) is 2.14. The lowest BCUT2D eigenvalue weighted by atomic mass is 10.1. The van der Waals surface area contributed by atoms with Gasteiger partial charge in [0.25, 0.3) is 0 Å². The SMILES string of the molecule is CCc1ccc2nc(-c3ccc(Cl)cn3)[nH]c2c1. The van der Waals surface area contributed by atoms with Crippen LogP contribution in [0.1, 0.15) is 12.5 Å². The molecule has 1 aromatic carbocycles. The quantitative estimate of drug-likeness (QED) is 0.758. The zero-order valence-corrected chi connectivity index (χ0v) is 10.7. The predicted molar refractivity (Wildman–Crippen MR) is 73.7 cm³/mol. The predicted octanol–water partition coefficient (Wildman–Crippen LogP) is 3.84. The molecule has 3 rings (SSSR count). The van der Waals surface area contributed by atoms with E-state index in [9.17, 15) is 0 Å². The minimum absolute atomic E-state index is 0.628. The number of pyridine rings is 1. The van der Waals surface area contributed by atoms with Crippen LogP contribution in [-0.2, 0) is 6.42 Å². The third kappa shape index (κ3) is 1.97. The van der Waals surface area contributed by atoms with Gasteiger partial charge in [-0.05, 0) is 36.2 Å². The molecule has 0 saturated heterocycles. The van der Waals surface area contributed by atoms with Crippen LogP contribution >= 0.6 is 11.6 Å². The molecule has 18 heavy (non-hydrogen) atoms. The number of hydrogen-bond acceptors (Lipinski definition) is 2. The summed E-state index contributed by atoms with van der Waals surface area (Å²) >= 11 is 5.82. The van der Waals surface area contributed by atoms with Crippen LogP contribution in [0.25, 0.3) is 22.6 Å². The van der Waals surface area contributed by atoms with Gasteiger partial charge in [-0.2, -0.15) is 0 Å². The summed E-state index contributed by atoms with van der Waals surface area (Å²) in [5.74, 6) is 0.773. The summed E-state index contributed by atoms with van der Waals surface area (Å²) in [6.07, 6.45) is 2.64. The van der Waals surface area contributed by atoms with E-state index in [1.807, 2.05) is 18.2 Å². The van der Waals surface area contributed by atoms with Gasteiger partial charge < -0.3 is 4.98 Å². The molecule has 3 aromatic rings. The average molecular weight is 258 g/mol. The molecule has 0 spiro atoms. The van der Waals surface area contributed by atoms with Gasteiger partial charge in [-0.25, -0.2) is 4.98 Å². The second kappa shape index (κ2) is 4.42. The summed E-state index contributed by atoms with van der Waals surface area (Å²) in [5.41, 5.74) is 4.09. The third-order valence-corrected chi connectivity index (χ3v) is 3.15. The Balaban J connectivity index is 2.10. The average Bonchev–Trinajstić information content (AvgIpc) is 2.82. The second-order valence-electron chi connectivity index (χ2n) is 4.15. The molecule has 0 aliphatic heterocycles. The molecule has 2 heterocycles. The van der Waals surface area contributed by atoms with Gasteiger partial charge >= 0.3 is 0 Å². The van der Waals surface area contributed by atoms with E-state index in [1.165, 1.54) is 5.56 Å². The maximum atomic E-state index is 5.82. The van der Waals surface area contributed by atoms with Gasteiger partial charge in [0.05, 0.1) is 16.1 Å². The van der Waals surface area contributed by atoms with E-state index in [1.54, 1.807) is 6.20 Å². The van der Waals surface area contributed by atoms with Gasteiger partial charge in [0, 0.05) is 6.20 Å². The van der Waals surface area contributed by atoms with E-state index in [0.29, 0.717) is 5.02 Å². The van der Waals surface area contributed by atoms with Crippen molar-refractivity contribution in [1.29, 1.82) is 0 Å². The van der Waals surface area contributed by atoms with Crippen LogP contribution in [0, 0.1) is 0 Å². The van der Waals surface area contributed by atoms with E-state index in [4.69, 9.17) is 11.6 Å². The monoisotopic (exact) mass is 257 g/mol. The number of aromatic amines is 1. The number of aromatic nitrogens is 3. The van der Waals surface area contributed by atoms with Gasteiger partial charge in [-0.15, -0.1) is 0 Å². The highest BCUT2D eigenvalue weighted by Crippen LogP contribution is 2.20. The number of benzene rings is 1. The maximum absolute atomic E-state index is 5.82. The molecular formula is C14H12ClN3. The number of fused-ring (bicyclic) bond motifs is 1. The van der Waals surface area contributed by atoms with E-state index >= 15 is 0 Å². The number of nitrogens with one attached hydrogen (secondary N) is 1. The summed E-state index contributed by atoms with van der Waals surface area (Å²) < 4.78 is 0. The van der Waals surface area contributed by atoms with Gasteiger partial charge in [-0.1, -0.05) is 24.6 Å². The highest BCUT2D eigenvalue weighted by molar-refractivity contribution is 6.30. The first-order valence-corrected chi connectivity index (χ1v) is 6.24. The van der Waals surface area contributed by atoms with Gasteiger partial charge in [0.2, 0.25) is 0 Å². The Bertz CT molecular complexity index is 686. The minimum Gasteiger partial charge on any atom is -0.337 e. The molecule has 0 atom stereocenters. The standard InChI is InChI=1S/C14H12ClN3/c1-2-9-3-5-11-13(7-9)18-14(17-11)12-6-4-10(15)8-16-12/h3-8H,2H2,1H3,(H,17,18). The van der Waals surface area contributed by atoms with Gasteiger partial charge in [0.15, 0.2) is 5.82 Å². The number of rotatable bonds is 2. The number of aryl methyl sites for hydroxylation is 1. The smallest absolute Gasteiger partial charge is 0.157 e. The summed E-state index contributed by atoms with van der Waals surface area (Å²) in [7, 11) is 0. The van der Waals surface area contributed by atoms with Crippen molar-refractivity contribution in [2.75, 3.05) is 0 Å². The van der Waals surface area contributed by atoms with E-state index in [0.717, 1.165) is 29.0 Å². The zero-order valence-electron chi connectivity index (χ0n) is 9.94. The molecular weight excluding hydrogens is 246 g/mol. The number of nitrogens with zero attached hydrogens (tertiary/aromatic N) is 2. The molecule has 0 saturated carbocycles. The molecule has 0 fully saturated rings. The minimum atomic E-state index is 0.628. The Morgan fingerprint density at radius 1 is 1.22 bits per heavy atom. The van der Waals surface area contributed by atoms with Crippen molar-refractivity contribution < 1.29 is 0 Å². The fourth-order valence-corrected chi connectivity index (χ4v) is 2.03. The van der Waals surface area contributed by atoms with Crippen molar-refractivity contribution in [3.63, 3.8) is 0 Å². The topological polar surface area (TPSA) is 41.6 Å². The first kappa shape index (κ1) is 11.2. The van der Waals surface area contributed by atoms with Crippen LogP contribution in [0.15, 0.2) is 36.5 Å². The Kier molecular flexibility index (Phi) is 2.76. The summed E-state index contributed by atoms with van der Waals surface area (Å²) in [4.78, 5) is 12.1. The summed E-state index contributed by atoms with van der Waals surface area (Å²) in [6, 6.07) is 9.93. The molecule has 0 amide bonds. The van der Waals surface area contributed by atoms with Crippen LogP contribution in [-0.4, -0.2) is 15.0 Å². The van der Waals surface area contributed by atoms with E-state index < -0.39 is 0 Å². The first-order chi connectivity index (χ1) is 8.76. The molecule has 0 radical (unpaired) electrons. The molecule has 0 aliphatic rings. The highest BCUT2D eigenvalue weighted by Gasteiger charge is 2.06. The van der Waals surface area contributed by atoms with Crippen LogP contribution in [0.3, 0.4) is 0 Å². The fourth-order valence-electron chi connectivity index (χ4n) is 1.91. The normalized spacial score (nSPS) is 11.0. The number of imidazole rings is 1. The van der Waals surface area contributed by atoms with E-state index in [-0.39, 0.29) is 0 Å². The second-order valence-corrected chi connectivity index (χ2v) is 4.59. The molecule has 90 valence electrons. The molecule has 0 aliphatic carbocycles. The molecule has 4 heteroatoms. The van der Waals surface area contributed by atoms with Gasteiger partial charge in [-0.3, -0.25) is 4.98 Å². The summed E-state index contributed by atoms with van der Waals surface area (Å²) in [5, 5.41) is 0.628. The van der Waals surface area contributed by atoms with Crippen LogP contribution in [0.4, 0.5) is 0 Å². The fraction of sp³-hybridized carbons (Fsp3) is 0.143. The third-order valence-electron chi connectivity index (χ3n) is 2.92. The Morgan fingerprint density at radius 3 is 2.83 bits per heavy atom. The lowest BCUT2D eigenvalue weighted by Crippen LogP contribution is -1.84. The molecule has 0 bridgehead atoms. The van der Waals surface area contributed by atoms with Gasteiger partial charge in [0.1, 0.15) is 5.69 Å². The van der Waals surface area contributed by atoms with Crippen molar-refractivity contribution in [3.05, 3.63) is 47.1 Å². The first-order valence-electron chi connectivity index (χ1n) is 5.87. The number of H-pyrrole nitrogens is 1. The van der Waals surface area contributed by atoms with Crippen molar-refractivity contribution in [2.45, 2.75) is 13.3 Å². The highest BCUT2D eigenvalue weighted by atomic mass is 35.5. The van der Waals surface area contributed by atoms with Crippen LogP contribution in [0.5, 0.6) is 0 Å². The molecule has 3 nitrogen and oxygen atoms in total. The Labute approximate surface area is 110 Å². The van der Waals surface area contributed by atoms with Crippen molar-refractivity contribution in [1.82, 2.24) is 15.0 Å². The van der Waals surface area contributed by atoms with Crippen LogP contribution in [0.2, 0.25) is 5.02 Å². The van der Waals surface area contributed by atoms with Crippen molar-refractivity contribution in [2.24, 2.45) is 0 Å². The molecule has 1 N–H and O–H groups in total. The molecule has 0 unspecified atom stereocenters. The van der Waals surface area contributed by atoms with Crippen molar-refractivity contribution >= 4 is 22.6 Å². The van der Waals surface area contributed by atoms with E-state index in [2.05, 4.69) is 34.0 Å². The van der Waals surface area contributed by atoms with Crippen molar-refractivity contribution in [3.8, 4) is 11.5 Å². The van der Waals surface area contributed by atoms with Crippen LogP contribution < -0.4 is 0 Å². The Morgan fingerprint density at radius 2 is 2.11 bits per heavy atom. The molecule has 2 aromatic heterocycles. The largest absolute Gasteiger partial charge is 0.337 e. The zero-order chi connectivity index (χ0) is 12.5. The number of hydrogen-bond donors (Lipinski definition) is 1. The Hall–Kier alpha value is -1.87. The lowest BCUT2D eigenvalue weighted by Gasteiger charge is -1.95. The lowest BCUT2D eigenvalue weighted by molar-refractivity contribution is 1.14.